The van der Waals surface area contributed by atoms with E-state index in [-0.39, 0.29) is 29.9 Å². The number of nitrogens with zero attached hydrogens (tertiary/aromatic N) is 3. The number of pyridine rings is 1. The summed E-state index contributed by atoms with van der Waals surface area (Å²) in [7, 11) is -3.82. The summed E-state index contributed by atoms with van der Waals surface area (Å²) >= 11 is 0. The Morgan fingerprint density at radius 1 is 1.22 bits per heavy atom. The molecule has 0 radical (unpaired) electrons. The molecule has 3 aromatic rings. The van der Waals surface area contributed by atoms with Gasteiger partial charge >= 0.3 is 0 Å². The number of aromatic nitrogens is 3. The van der Waals surface area contributed by atoms with Gasteiger partial charge in [0.1, 0.15) is 24.2 Å². The second-order valence-corrected chi connectivity index (χ2v) is 11.2. The van der Waals surface area contributed by atoms with Crippen LogP contribution < -0.4 is 9.46 Å². The second-order valence-electron chi connectivity index (χ2n) is 9.44. The number of amides is 1. The summed E-state index contributed by atoms with van der Waals surface area (Å²) in [6.45, 7) is 0.851. The van der Waals surface area contributed by atoms with Crippen LogP contribution in [0.1, 0.15) is 54.2 Å². The molecule has 2 aromatic heterocycles. The highest BCUT2D eigenvalue weighted by Gasteiger charge is 2.31. The van der Waals surface area contributed by atoms with Crippen LogP contribution in [-0.2, 0) is 14.8 Å². The largest absolute Gasteiger partial charge is 0.490 e. The fourth-order valence-electron chi connectivity index (χ4n) is 4.66. The predicted molar refractivity (Wildman–Crippen MR) is 132 cm³/mol. The zero-order chi connectivity index (χ0) is 25.3. The van der Waals surface area contributed by atoms with Gasteiger partial charge in [-0.1, -0.05) is 24.6 Å². The average molecular weight is 517 g/mol. The van der Waals surface area contributed by atoms with E-state index in [0.29, 0.717) is 37.1 Å². The number of para-hydroxylation sites is 1. The molecule has 3 heterocycles. The van der Waals surface area contributed by atoms with Gasteiger partial charge in [-0.25, -0.2) is 27.2 Å². The third-order valence-corrected chi connectivity index (χ3v) is 7.36. The minimum Gasteiger partial charge on any atom is -0.490 e. The lowest BCUT2D eigenvalue weighted by molar-refractivity contribution is 0.0243. The second kappa shape index (κ2) is 10.1. The van der Waals surface area contributed by atoms with E-state index in [9.17, 15) is 13.2 Å². The summed E-state index contributed by atoms with van der Waals surface area (Å²) in [5.41, 5.74) is 1.74. The van der Waals surface area contributed by atoms with E-state index in [0.717, 1.165) is 36.9 Å². The molecule has 1 amide bonds. The van der Waals surface area contributed by atoms with E-state index in [4.69, 9.17) is 14.6 Å². The van der Waals surface area contributed by atoms with Crippen LogP contribution in [0, 0.1) is 5.92 Å². The van der Waals surface area contributed by atoms with Crippen molar-refractivity contribution >= 4 is 27.0 Å². The summed E-state index contributed by atoms with van der Waals surface area (Å²) in [5.74, 6) is -0.579. The standard InChI is InChI=1S/C25H29FN4O5S/c1-36(32,33)29-25(31)20-14-21(35-15-19(26)16-10-12-34-13-11-16)22-23(17-6-5-7-17)28-30(24(22)27-20)18-8-3-2-4-9-18/h2-4,8-9,14,16-17,19H,5-7,10-13,15H2,1H3,(H,29,31)/t19-/m1/s1. The van der Waals surface area contributed by atoms with Gasteiger partial charge in [0.05, 0.1) is 23.0 Å². The van der Waals surface area contributed by atoms with Crippen LogP contribution >= 0.6 is 0 Å². The Morgan fingerprint density at radius 2 is 1.94 bits per heavy atom. The normalized spacial score (nSPS) is 18.1. The number of rotatable bonds is 8. The van der Waals surface area contributed by atoms with Crippen molar-refractivity contribution < 1.29 is 27.1 Å². The first-order chi connectivity index (χ1) is 17.3. The van der Waals surface area contributed by atoms with Crippen LogP contribution in [0.3, 0.4) is 0 Å². The number of halogens is 1. The number of hydrogen-bond acceptors (Lipinski definition) is 7. The number of sulfonamides is 1. The van der Waals surface area contributed by atoms with Crippen molar-refractivity contribution in [3.05, 3.63) is 47.8 Å². The fourth-order valence-corrected chi connectivity index (χ4v) is 5.10. The molecule has 5 rings (SSSR count). The molecule has 1 atom stereocenters. The topological polar surface area (TPSA) is 112 Å². The Bertz CT molecular complexity index is 1350. The Balaban J connectivity index is 1.60. The summed E-state index contributed by atoms with van der Waals surface area (Å²) in [6.07, 6.45) is 3.94. The first-order valence-corrected chi connectivity index (χ1v) is 14.0. The predicted octanol–water partition coefficient (Wildman–Crippen LogP) is 3.52. The molecule has 1 N–H and O–H groups in total. The number of benzene rings is 1. The number of carbonyl (C=O) groups excluding carboxylic acids is 1. The lowest BCUT2D eigenvalue weighted by atomic mass is 9.82. The lowest BCUT2D eigenvalue weighted by Gasteiger charge is -2.26. The molecule has 0 unspecified atom stereocenters. The van der Waals surface area contributed by atoms with Gasteiger partial charge in [-0.05, 0) is 43.7 Å². The molecule has 1 saturated carbocycles. The molecule has 1 saturated heterocycles. The number of ether oxygens (including phenoxy) is 2. The molecule has 2 aliphatic rings. The van der Waals surface area contributed by atoms with Gasteiger partial charge in [0, 0.05) is 25.2 Å². The van der Waals surface area contributed by atoms with Crippen LogP contribution in [0.4, 0.5) is 4.39 Å². The Morgan fingerprint density at radius 3 is 2.58 bits per heavy atom. The molecule has 1 aliphatic carbocycles. The zero-order valence-corrected chi connectivity index (χ0v) is 20.8. The Hall–Kier alpha value is -3.05. The number of hydrogen-bond donors (Lipinski definition) is 1. The molecule has 1 aromatic carbocycles. The number of alkyl halides is 1. The van der Waals surface area contributed by atoms with E-state index >= 15 is 4.39 Å². The molecular formula is C25H29FN4O5S. The first kappa shape index (κ1) is 24.6. The van der Waals surface area contributed by atoms with E-state index in [1.54, 1.807) is 4.68 Å². The molecule has 2 fully saturated rings. The van der Waals surface area contributed by atoms with E-state index in [1.165, 1.54) is 6.07 Å². The van der Waals surface area contributed by atoms with Crippen LogP contribution in [-0.4, -0.2) is 61.3 Å². The third kappa shape index (κ3) is 5.22. The van der Waals surface area contributed by atoms with Crippen molar-refractivity contribution in [1.82, 2.24) is 19.5 Å². The SMILES string of the molecule is CS(=O)(=O)NC(=O)c1cc(OC[C@@H](F)C2CCOCC2)c2c(C3CCC3)nn(-c3ccccc3)c2n1. The molecule has 11 heteroatoms. The molecule has 192 valence electrons. The van der Waals surface area contributed by atoms with Crippen molar-refractivity contribution in [2.75, 3.05) is 26.1 Å². The van der Waals surface area contributed by atoms with Gasteiger partial charge in [-0.15, -0.1) is 0 Å². The maximum atomic E-state index is 15.1. The summed E-state index contributed by atoms with van der Waals surface area (Å²) < 4.78 is 53.5. The monoisotopic (exact) mass is 516 g/mol. The van der Waals surface area contributed by atoms with Crippen molar-refractivity contribution in [3.8, 4) is 11.4 Å². The first-order valence-electron chi connectivity index (χ1n) is 12.2. The average Bonchev–Trinajstić information content (AvgIpc) is 3.20. The van der Waals surface area contributed by atoms with Crippen LogP contribution in [0.5, 0.6) is 5.75 Å². The lowest BCUT2D eigenvalue weighted by Crippen LogP contribution is -2.30. The third-order valence-electron chi connectivity index (χ3n) is 6.81. The minimum atomic E-state index is -3.82. The van der Waals surface area contributed by atoms with E-state index < -0.39 is 22.1 Å². The van der Waals surface area contributed by atoms with Crippen molar-refractivity contribution in [2.45, 2.75) is 44.2 Å². The van der Waals surface area contributed by atoms with Crippen LogP contribution in [0.25, 0.3) is 16.7 Å². The highest BCUT2D eigenvalue weighted by atomic mass is 32.2. The fraction of sp³-hybridized carbons (Fsp3) is 0.480. The highest BCUT2D eigenvalue weighted by molar-refractivity contribution is 7.89. The molecule has 9 nitrogen and oxygen atoms in total. The smallest absolute Gasteiger partial charge is 0.283 e. The molecule has 0 spiro atoms. The maximum Gasteiger partial charge on any atom is 0.283 e. The van der Waals surface area contributed by atoms with Gasteiger partial charge in [-0.2, -0.15) is 5.10 Å². The Labute approximate surface area is 209 Å². The summed E-state index contributed by atoms with van der Waals surface area (Å²) in [5, 5.41) is 5.47. The van der Waals surface area contributed by atoms with Crippen molar-refractivity contribution in [2.24, 2.45) is 5.92 Å². The van der Waals surface area contributed by atoms with Crippen molar-refractivity contribution in [1.29, 1.82) is 0 Å². The zero-order valence-electron chi connectivity index (χ0n) is 20.0. The molecule has 1 aliphatic heterocycles. The number of nitrogens with one attached hydrogen (secondary N) is 1. The van der Waals surface area contributed by atoms with Crippen LogP contribution in [0.2, 0.25) is 0 Å². The minimum absolute atomic E-state index is 0.151. The number of carbonyl (C=O) groups is 1. The van der Waals surface area contributed by atoms with Gasteiger partial charge in [0.25, 0.3) is 5.91 Å². The van der Waals surface area contributed by atoms with Gasteiger partial charge in [0.2, 0.25) is 10.0 Å². The van der Waals surface area contributed by atoms with Gasteiger partial charge in [0.15, 0.2) is 5.65 Å². The highest BCUT2D eigenvalue weighted by Crippen LogP contribution is 2.42. The molecule has 36 heavy (non-hydrogen) atoms. The summed E-state index contributed by atoms with van der Waals surface area (Å²) in [6, 6.07) is 10.7. The quantitative estimate of drug-likeness (QED) is 0.487. The van der Waals surface area contributed by atoms with E-state index in [2.05, 4.69) is 4.98 Å². The van der Waals surface area contributed by atoms with Gasteiger partial charge < -0.3 is 9.47 Å². The van der Waals surface area contributed by atoms with E-state index in [1.807, 2.05) is 35.1 Å². The summed E-state index contributed by atoms with van der Waals surface area (Å²) in [4.78, 5) is 17.3. The molecule has 0 bridgehead atoms. The van der Waals surface area contributed by atoms with Crippen LogP contribution in [0.15, 0.2) is 36.4 Å². The van der Waals surface area contributed by atoms with Crippen molar-refractivity contribution in [3.63, 3.8) is 0 Å². The maximum absolute atomic E-state index is 15.1. The number of fused-ring (bicyclic) bond motifs is 1. The van der Waals surface area contributed by atoms with Gasteiger partial charge in [-0.3, -0.25) is 4.79 Å². The molecular weight excluding hydrogens is 487 g/mol. The Kier molecular flexibility index (Phi) is 6.94.